The molecule has 30 heavy (non-hydrogen) atoms. The molecule has 1 aromatic heterocycles. The van der Waals surface area contributed by atoms with Crippen LogP contribution < -0.4 is 14.8 Å². The molecule has 0 saturated carbocycles. The van der Waals surface area contributed by atoms with E-state index in [1.165, 1.54) is 0 Å². The number of nitrogens with zero attached hydrogens (tertiary/aromatic N) is 1. The van der Waals surface area contributed by atoms with Crippen LogP contribution in [0.15, 0.2) is 103 Å². The van der Waals surface area contributed by atoms with Crippen molar-refractivity contribution in [3.8, 4) is 17.4 Å². The summed E-state index contributed by atoms with van der Waals surface area (Å²) in [4.78, 5) is 16.7. The van der Waals surface area contributed by atoms with Crippen molar-refractivity contribution in [1.82, 2.24) is 4.98 Å². The van der Waals surface area contributed by atoms with E-state index in [9.17, 15) is 4.79 Å². The van der Waals surface area contributed by atoms with Gasteiger partial charge in [0.1, 0.15) is 18.1 Å². The Balaban J connectivity index is 1.36. The van der Waals surface area contributed by atoms with Crippen molar-refractivity contribution < 1.29 is 14.3 Å². The Labute approximate surface area is 174 Å². The van der Waals surface area contributed by atoms with Gasteiger partial charge < -0.3 is 14.8 Å². The number of nitrogens with one attached hydrogen (secondary N) is 1. The maximum Gasteiger partial charge on any atom is 0.255 e. The molecule has 4 rings (SSSR count). The highest BCUT2D eigenvalue weighted by Crippen LogP contribution is 2.22. The van der Waals surface area contributed by atoms with Crippen molar-refractivity contribution in [1.29, 1.82) is 0 Å². The second-order valence-corrected chi connectivity index (χ2v) is 6.55. The van der Waals surface area contributed by atoms with E-state index < -0.39 is 0 Å². The van der Waals surface area contributed by atoms with Gasteiger partial charge >= 0.3 is 0 Å². The summed E-state index contributed by atoms with van der Waals surface area (Å²) in [6.07, 6.45) is 1.65. The molecule has 1 amide bonds. The molecule has 1 N–H and O–H groups in total. The molecule has 3 aromatic carbocycles. The average Bonchev–Trinajstić information content (AvgIpc) is 2.80. The first-order valence-corrected chi connectivity index (χ1v) is 9.53. The van der Waals surface area contributed by atoms with Gasteiger partial charge in [-0.2, -0.15) is 0 Å². The number of carbonyl (C=O) groups excluding carboxylic acids is 1. The summed E-state index contributed by atoms with van der Waals surface area (Å²) in [7, 11) is 0. The number of ether oxygens (including phenoxy) is 2. The monoisotopic (exact) mass is 396 g/mol. The molecule has 5 heteroatoms. The lowest BCUT2D eigenvalue weighted by molar-refractivity contribution is 0.102. The molecule has 0 atom stereocenters. The Morgan fingerprint density at radius 1 is 0.800 bits per heavy atom. The van der Waals surface area contributed by atoms with E-state index in [0.717, 1.165) is 11.3 Å². The highest BCUT2D eigenvalue weighted by atomic mass is 16.5. The molecule has 1 heterocycles. The Morgan fingerprint density at radius 3 is 2.37 bits per heavy atom. The van der Waals surface area contributed by atoms with Crippen LogP contribution >= 0.6 is 0 Å². The molecule has 0 radical (unpaired) electrons. The molecule has 0 aliphatic carbocycles. The molecular weight excluding hydrogens is 376 g/mol. The van der Waals surface area contributed by atoms with Crippen LogP contribution in [0.4, 0.5) is 5.69 Å². The Morgan fingerprint density at radius 2 is 1.60 bits per heavy atom. The highest BCUT2D eigenvalue weighted by molar-refractivity contribution is 6.04. The van der Waals surface area contributed by atoms with Crippen LogP contribution in [0.3, 0.4) is 0 Å². The fourth-order valence-corrected chi connectivity index (χ4v) is 2.81. The molecule has 0 unspecified atom stereocenters. The fraction of sp³-hybridized carbons (Fsp3) is 0.0400. The number of carbonyl (C=O) groups is 1. The van der Waals surface area contributed by atoms with Gasteiger partial charge in [0.25, 0.3) is 5.91 Å². The van der Waals surface area contributed by atoms with Crippen molar-refractivity contribution >= 4 is 11.6 Å². The minimum Gasteiger partial charge on any atom is -0.489 e. The van der Waals surface area contributed by atoms with Gasteiger partial charge in [-0.15, -0.1) is 0 Å². The molecular formula is C25H20N2O3. The first kappa shape index (κ1) is 19.2. The SMILES string of the molecule is O=C(Nc1ccc(OCc2ccccc2)cc1)c1cccc(Oc2ccccn2)c1. The van der Waals surface area contributed by atoms with Crippen molar-refractivity contribution in [3.63, 3.8) is 0 Å². The third-order valence-corrected chi connectivity index (χ3v) is 4.32. The maximum absolute atomic E-state index is 12.6. The van der Waals surface area contributed by atoms with E-state index in [0.29, 0.717) is 29.5 Å². The fourth-order valence-electron chi connectivity index (χ4n) is 2.81. The smallest absolute Gasteiger partial charge is 0.255 e. The normalized spacial score (nSPS) is 10.3. The topological polar surface area (TPSA) is 60.5 Å². The first-order chi connectivity index (χ1) is 14.8. The zero-order chi connectivity index (χ0) is 20.6. The summed E-state index contributed by atoms with van der Waals surface area (Å²) in [6.45, 7) is 0.496. The van der Waals surface area contributed by atoms with E-state index in [2.05, 4.69) is 10.3 Å². The van der Waals surface area contributed by atoms with E-state index in [4.69, 9.17) is 9.47 Å². The van der Waals surface area contributed by atoms with Gasteiger partial charge in [0.2, 0.25) is 5.88 Å². The predicted octanol–water partition coefficient (Wildman–Crippen LogP) is 5.71. The predicted molar refractivity (Wildman–Crippen MR) is 116 cm³/mol. The molecule has 0 spiro atoms. The number of pyridine rings is 1. The standard InChI is InChI=1S/C25H20N2O3/c28-25(20-9-6-10-23(17-20)30-24-11-4-5-16-26-24)27-21-12-14-22(15-13-21)29-18-19-7-2-1-3-8-19/h1-17H,18H2,(H,27,28). The molecule has 0 aliphatic heterocycles. The van der Waals surface area contributed by atoms with Crippen molar-refractivity contribution in [3.05, 3.63) is 114 Å². The third kappa shape index (κ3) is 5.23. The maximum atomic E-state index is 12.6. The number of anilines is 1. The molecule has 4 aromatic rings. The zero-order valence-corrected chi connectivity index (χ0v) is 16.2. The number of aromatic nitrogens is 1. The number of hydrogen-bond acceptors (Lipinski definition) is 4. The minimum absolute atomic E-state index is 0.223. The summed E-state index contributed by atoms with van der Waals surface area (Å²) in [5.74, 6) is 1.54. The molecule has 0 aliphatic rings. The lowest BCUT2D eigenvalue weighted by atomic mass is 10.2. The zero-order valence-electron chi connectivity index (χ0n) is 16.2. The van der Waals surface area contributed by atoms with Gasteiger partial charge in [-0.25, -0.2) is 4.98 Å². The minimum atomic E-state index is -0.223. The van der Waals surface area contributed by atoms with Crippen molar-refractivity contribution in [2.45, 2.75) is 6.61 Å². The molecule has 148 valence electrons. The van der Waals surface area contributed by atoms with Crippen molar-refractivity contribution in [2.24, 2.45) is 0 Å². The van der Waals surface area contributed by atoms with Crippen LogP contribution in [-0.2, 0) is 6.61 Å². The molecule has 5 nitrogen and oxygen atoms in total. The third-order valence-electron chi connectivity index (χ3n) is 4.32. The second kappa shape index (κ2) is 9.39. The lowest BCUT2D eigenvalue weighted by Gasteiger charge is -2.09. The van der Waals surface area contributed by atoms with Crippen LogP contribution in [0.25, 0.3) is 0 Å². The number of amides is 1. The summed E-state index contributed by atoms with van der Waals surface area (Å²) in [5, 5.41) is 2.88. The van der Waals surface area contributed by atoms with E-state index in [-0.39, 0.29) is 5.91 Å². The molecule has 0 saturated heterocycles. The van der Waals surface area contributed by atoms with Crippen LogP contribution in [0.5, 0.6) is 17.4 Å². The average molecular weight is 396 g/mol. The quantitative estimate of drug-likeness (QED) is 0.435. The van der Waals surface area contributed by atoms with Crippen LogP contribution in [0, 0.1) is 0 Å². The summed E-state index contributed by atoms with van der Waals surface area (Å²) in [6, 6.07) is 29.6. The number of hydrogen-bond donors (Lipinski definition) is 1. The summed E-state index contributed by atoms with van der Waals surface area (Å²) >= 11 is 0. The van der Waals surface area contributed by atoms with Gasteiger partial charge in [0, 0.05) is 23.5 Å². The first-order valence-electron chi connectivity index (χ1n) is 9.53. The lowest BCUT2D eigenvalue weighted by Crippen LogP contribution is -2.11. The summed E-state index contributed by atoms with van der Waals surface area (Å²) in [5.41, 5.74) is 2.28. The second-order valence-electron chi connectivity index (χ2n) is 6.55. The summed E-state index contributed by atoms with van der Waals surface area (Å²) < 4.78 is 11.5. The van der Waals surface area contributed by atoms with Crippen LogP contribution in [0.1, 0.15) is 15.9 Å². The van der Waals surface area contributed by atoms with Crippen LogP contribution in [0.2, 0.25) is 0 Å². The Kier molecular flexibility index (Phi) is 6.01. The van der Waals surface area contributed by atoms with E-state index in [1.54, 1.807) is 36.5 Å². The highest BCUT2D eigenvalue weighted by Gasteiger charge is 2.08. The van der Waals surface area contributed by atoms with Gasteiger partial charge in [-0.1, -0.05) is 42.5 Å². The van der Waals surface area contributed by atoms with Gasteiger partial charge in [-0.3, -0.25) is 4.79 Å². The van der Waals surface area contributed by atoms with E-state index in [1.807, 2.05) is 66.7 Å². The van der Waals surface area contributed by atoms with Gasteiger partial charge in [-0.05, 0) is 54.1 Å². The largest absolute Gasteiger partial charge is 0.489 e. The van der Waals surface area contributed by atoms with Gasteiger partial charge in [0.15, 0.2) is 0 Å². The Bertz CT molecular complexity index is 1100. The van der Waals surface area contributed by atoms with Gasteiger partial charge in [0.05, 0.1) is 0 Å². The molecule has 0 fully saturated rings. The molecule has 0 bridgehead atoms. The van der Waals surface area contributed by atoms with Crippen molar-refractivity contribution in [2.75, 3.05) is 5.32 Å². The number of rotatable bonds is 7. The number of benzene rings is 3. The Hall–Kier alpha value is -4.12. The van der Waals surface area contributed by atoms with E-state index >= 15 is 0 Å². The van der Waals surface area contributed by atoms with Crippen LogP contribution in [-0.4, -0.2) is 10.9 Å².